The number of rotatable bonds is 7. The second kappa shape index (κ2) is 7.74. The molecule has 0 spiro atoms. The highest BCUT2D eigenvalue weighted by Gasteiger charge is 2.15. The molecule has 18 heavy (non-hydrogen) atoms. The molecule has 0 heterocycles. The molecule has 0 fully saturated rings. The maximum atomic E-state index is 10.5. The summed E-state index contributed by atoms with van der Waals surface area (Å²) in [5.74, 6) is 0.640. The van der Waals surface area contributed by atoms with E-state index in [4.69, 9.17) is 4.74 Å². The van der Waals surface area contributed by atoms with Gasteiger partial charge < -0.3 is 4.74 Å². The van der Waals surface area contributed by atoms with Gasteiger partial charge in [-0.3, -0.25) is 10.1 Å². The van der Waals surface area contributed by atoms with Crippen molar-refractivity contribution in [3.8, 4) is 5.75 Å². The summed E-state index contributed by atoms with van der Waals surface area (Å²) >= 11 is 7.15. The number of nitro groups is 1. The summed E-state index contributed by atoms with van der Waals surface area (Å²) in [7, 11) is 0. The number of hydrogen-bond donors (Lipinski definition) is 0. The predicted molar refractivity (Wildman–Crippen MR) is 78.9 cm³/mol. The zero-order valence-corrected chi connectivity index (χ0v) is 13.2. The van der Waals surface area contributed by atoms with E-state index in [1.165, 1.54) is 12.1 Å². The molecule has 0 saturated carbocycles. The average molecular weight is 381 g/mol. The van der Waals surface area contributed by atoms with E-state index in [-0.39, 0.29) is 10.5 Å². The van der Waals surface area contributed by atoms with Crippen LogP contribution in [-0.2, 0) is 0 Å². The lowest BCUT2D eigenvalue weighted by molar-refractivity contribution is -0.384. The van der Waals surface area contributed by atoms with E-state index >= 15 is 0 Å². The molecule has 0 N–H and O–H groups in total. The molecular weight excluding hydrogens is 366 g/mol. The quantitative estimate of drug-likeness (QED) is 0.402. The van der Waals surface area contributed by atoms with Crippen LogP contribution >= 0.6 is 31.9 Å². The number of nitrogens with zero attached hydrogens (tertiary/aromatic N) is 1. The second-order valence-corrected chi connectivity index (χ2v) is 6.23. The van der Waals surface area contributed by atoms with Crippen molar-refractivity contribution in [2.45, 2.75) is 29.4 Å². The molecule has 1 aromatic rings. The zero-order valence-electron chi connectivity index (χ0n) is 10.0. The van der Waals surface area contributed by atoms with Crippen LogP contribution in [0.1, 0.15) is 19.8 Å². The maximum Gasteiger partial charge on any atom is 0.269 e. The smallest absolute Gasteiger partial charge is 0.269 e. The van der Waals surface area contributed by atoms with Crippen molar-refractivity contribution in [1.29, 1.82) is 0 Å². The summed E-state index contributed by atoms with van der Waals surface area (Å²) in [4.78, 5) is 10.6. The molecule has 0 aromatic heterocycles. The topological polar surface area (TPSA) is 52.4 Å². The van der Waals surface area contributed by atoms with Crippen LogP contribution in [0.15, 0.2) is 24.3 Å². The fourth-order valence-electron chi connectivity index (χ4n) is 1.40. The van der Waals surface area contributed by atoms with Gasteiger partial charge in [-0.1, -0.05) is 45.2 Å². The van der Waals surface area contributed by atoms with Crippen LogP contribution in [0.25, 0.3) is 0 Å². The minimum atomic E-state index is -0.424. The Kier molecular flexibility index (Phi) is 6.63. The molecule has 0 saturated heterocycles. The summed E-state index contributed by atoms with van der Waals surface area (Å²) in [5.41, 5.74) is 0.0714. The molecular formula is C12H15Br2NO3. The van der Waals surface area contributed by atoms with Crippen molar-refractivity contribution in [3.05, 3.63) is 34.4 Å². The van der Waals surface area contributed by atoms with Crippen molar-refractivity contribution < 1.29 is 9.66 Å². The molecule has 100 valence electrons. The van der Waals surface area contributed by atoms with Crippen LogP contribution < -0.4 is 4.74 Å². The summed E-state index contributed by atoms with van der Waals surface area (Å²) in [6.45, 7) is 2.65. The fourth-order valence-corrected chi connectivity index (χ4v) is 2.41. The maximum absolute atomic E-state index is 10.5. The lowest BCUT2D eigenvalue weighted by Gasteiger charge is -2.16. The van der Waals surface area contributed by atoms with Gasteiger partial charge in [-0.2, -0.15) is 0 Å². The summed E-state index contributed by atoms with van der Waals surface area (Å²) < 4.78 is 5.57. The second-order valence-electron chi connectivity index (χ2n) is 3.88. The lowest BCUT2D eigenvalue weighted by Crippen LogP contribution is -2.21. The first-order valence-corrected chi connectivity index (χ1v) is 7.53. The third-order valence-electron chi connectivity index (χ3n) is 2.41. The van der Waals surface area contributed by atoms with Crippen LogP contribution in [-0.4, -0.2) is 21.2 Å². The van der Waals surface area contributed by atoms with E-state index in [9.17, 15) is 10.1 Å². The molecule has 0 aliphatic carbocycles. The number of ether oxygens (including phenoxy) is 1. The van der Waals surface area contributed by atoms with E-state index in [0.717, 1.165) is 12.8 Å². The molecule has 4 nitrogen and oxygen atoms in total. The molecule has 1 aromatic carbocycles. The SMILES string of the molecule is CCC[C@@H](Br)[C@H](Br)COc1ccc([N+](=O)[O-])cc1. The van der Waals surface area contributed by atoms with E-state index < -0.39 is 4.92 Å². The Morgan fingerprint density at radius 1 is 1.28 bits per heavy atom. The predicted octanol–water partition coefficient (Wildman–Crippen LogP) is 4.30. The Balaban J connectivity index is 2.46. The van der Waals surface area contributed by atoms with Gasteiger partial charge >= 0.3 is 0 Å². The number of benzene rings is 1. The van der Waals surface area contributed by atoms with Gasteiger partial charge in [-0.15, -0.1) is 0 Å². The minimum Gasteiger partial charge on any atom is -0.492 e. The Morgan fingerprint density at radius 3 is 2.39 bits per heavy atom. The van der Waals surface area contributed by atoms with Gasteiger partial charge in [0.2, 0.25) is 0 Å². The fraction of sp³-hybridized carbons (Fsp3) is 0.500. The molecule has 6 heteroatoms. The molecule has 0 aliphatic heterocycles. The normalized spacial score (nSPS) is 13.9. The van der Waals surface area contributed by atoms with Gasteiger partial charge in [0.1, 0.15) is 12.4 Å². The molecule has 0 amide bonds. The minimum absolute atomic E-state index is 0.0714. The van der Waals surface area contributed by atoms with Crippen LogP contribution in [0.5, 0.6) is 5.75 Å². The van der Waals surface area contributed by atoms with Gasteiger partial charge in [0.15, 0.2) is 0 Å². The Hall–Kier alpha value is -0.620. The largest absolute Gasteiger partial charge is 0.492 e. The van der Waals surface area contributed by atoms with Gasteiger partial charge in [0.05, 0.1) is 9.75 Å². The number of halogens is 2. The first kappa shape index (κ1) is 15.4. The van der Waals surface area contributed by atoms with Crippen LogP contribution in [0.4, 0.5) is 5.69 Å². The van der Waals surface area contributed by atoms with E-state index in [0.29, 0.717) is 17.2 Å². The monoisotopic (exact) mass is 379 g/mol. The van der Waals surface area contributed by atoms with Crippen molar-refractivity contribution in [2.24, 2.45) is 0 Å². The number of alkyl halides is 2. The Labute approximate surface area is 123 Å². The highest BCUT2D eigenvalue weighted by atomic mass is 79.9. The number of hydrogen-bond acceptors (Lipinski definition) is 3. The third-order valence-corrected chi connectivity index (χ3v) is 5.12. The molecule has 1 rings (SSSR count). The molecule has 2 atom stereocenters. The van der Waals surface area contributed by atoms with Gasteiger partial charge in [0.25, 0.3) is 5.69 Å². The van der Waals surface area contributed by atoms with Crippen LogP contribution in [0.2, 0.25) is 0 Å². The van der Waals surface area contributed by atoms with E-state index in [1.807, 2.05) is 0 Å². The Morgan fingerprint density at radius 2 is 1.89 bits per heavy atom. The number of nitro benzene ring substituents is 1. The van der Waals surface area contributed by atoms with Crippen molar-refractivity contribution in [3.63, 3.8) is 0 Å². The highest BCUT2D eigenvalue weighted by molar-refractivity contribution is 9.12. The van der Waals surface area contributed by atoms with E-state index in [2.05, 4.69) is 38.8 Å². The molecule has 0 aliphatic rings. The molecule has 0 unspecified atom stereocenters. The highest BCUT2D eigenvalue weighted by Crippen LogP contribution is 2.22. The first-order valence-electron chi connectivity index (χ1n) is 5.70. The average Bonchev–Trinajstić information content (AvgIpc) is 2.36. The summed E-state index contributed by atoms with van der Waals surface area (Å²) in [5, 5.41) is 10.5. The van der Waals surface area contributed by atoms with Crippen LogP contribution in [0, 0.1) is 10.1 Å². The van der Waals surface area contributed by atoms with Gasteiger partial charge in [-0.05, 0) is 18.6 Å². The van der Waals surface area contributed by atoms with Gasteiger partial charge in [-0.25, -0.2) is 0 Å². The molecule has 0 radical (unpaired) electrons. The Bertz CT molecular complexity index is 383. The lowest BCUT2D eigenvalue weighted by atomic mass is 10.2. The molecule has 0 bridgehead atoms. The van der Waals surface area contributed by atoms with Crippen molar-refractivity contribution in [1.82, 2.24) is 0 Å². The van der Waals surface area contributed by atoms with Crippen molar-refractivity contribution >= 4 is 37.5 Å². The van der Waals surface area contributed by atoms with Crippen LogP contribution in [0.3, 0.4) is 0 Å². The number of non-ortho nitro benzene ring substituents is 1. The summed E-state index contributed by atoms with van der Waals surface area (Å²) in [6, 6.07) is 6.11. The van der Waals surface area contributed by atoms with E-state index in [1.54, 1.807) is 12.1 Å². The zero-order chi connectivity index (χ0) is 13.5. The third kappa shape index (κ3) is 4.94. The van der Waals surface area contributed by atoms with Gasteiger partial charge in [0, 0.05) is 17.0 Å². The first-order chi connectivity index (χ1) is 8.54. The standard InChI is InChI=1S/C12H15Br2NO3/c1-2-3-11(13)12(14)8-18-10-6-4-9(5-7-10)15(16)17/h4-7,11-12H,2-3,8H2,1H3/t11-,12-/m1/s1. The summed E-state index contributed by atoms with van der Waals surface area (Å²) in [6.07, 6.45) is 2.18. The van der Waals surface area contributed by atoms with Crippen molar-refractivity contribution in [2.75, 3.05) is 6.61 Å².